The molecular weight excluding hydrogens is 204 g/mol. The van der Waals surface area contributed by atoms with Crippen molar-refractivity contribution in [1.82, 2.24) is 14.8 Å². The number of ether oxygens (including phenoxy) is 1. The minimum Gasteiger partial charge on any atom is -0.463 e. The first-order chi connectivity index (χ1) is 7.88. The average Bonchev–Trinajstić information content (AvgIpc) is 2.72. The second-order valence-electron chi connectivity index (χ2n) is 3.55. The molecule has 0 saturated heterocycles. The summed E-state index contributed by atoms with van der Waals surface area (Å²) in [5.41, 5.74) is 2.28. The summed E-state index contributed by atoms with van der Waals surface area (Å²) in [7, 11) is 0. The highest BCUT2D eigenvalue weighted by molar-refractivity contribution is 5.51. The zero-order chi connectivity index (χ0) is 11.0. The van der Waals surface area contributed by atoms with E-state index in [2.05, 4.69) is 21.5 Å². The van der Waals surface area contributed by atoms with E-state index < -0.39 is 0 Å². The standard InChI is InChI=1S/C11H12N4O/c1-2-16-11-13-10-12-7-8-5-3-4-6-9(8)15(10)14-11/h3-6H,2,7H2,1H3,(H,12,13,14). The van der Waals surface area contributed by atoms with Crippen LogP contribution in [0, 0.1) is 0 Å². The summed E-state index contributed by atoms with van der Waals surface area (Å²) in [6.45, 7) is 3.27. The zero-order valence-corrected chi connectivity index (χ0v) is 8.97. The molecule has 16 heavy (non-hydrogen) atoms. The maximum Gasteiger partial charge on any atom is 0.337 e. The van der Waals surface area contributed by atoms with Crippen LogP contribution in [-0.4, -0.2) is 21.4 Å². The van der Waals surface area contributed by atoms with E-state index in [4.69, 9.17) is 4.74 Å². The molecule has 5 nitrogen and oxygen atoms in total. The lowest BCUT2D eigenvalue weighted by molar-refractivity contribution is 0.312. The quantitative estimate of drug-likeness (QED) is 0.828. The van der Waals surface area contributed by atoms with Crippen molar-refractivity contribution in [3.63, 3.8) is 0 Å². The number of hydrogen-bond acceptors (Lipinski definition) is 4. The lowest BCUT2D eigenvalue weighted by atomic mass is 10.1. The maximum atomic E-state index is 5.29. The molecular formula is C11H12N4O. The van der Waals surface area contributed by atoms with E-state index in [0.717, 1.165) is 18.2 Å². The van der Waals surface area contributed by atoms with Gasteiger partial charge in [-0.15, -0.1) is 5.10 Å². The monoisotopic (exact) mass is 216 g/mol. The normalized spacial score (nSPS) is 12.6. The molecule has 1 aliphatic heterocycles. The molecule has 1 aliphatic rings. The highest BCUT2D eigenvalue weighted by atomic mass is 16.5. The fourth-order valence-electron chi connectivity index (χ4n) is 1.81. The molecule has 0 unspecified atom stereocenters. The van der Waals surface area contributed by atoms with Crippen LogP contribution in [0.3, 0.4) is 0 Å². The summed E-state index contributed by atoms with van der Waals surface area (Å²) in [6, 6.07) is 8.54. The van der Waals surface area contributed by atoms with Crippen molar-refractivity contribution in [2.24, 2.45) is 0 Å². The summed E-state index contributed by atoms with van der Waals surface area (Å²) in [5, 5.41) is 7.51. The molecule has 2 heterocycles. The van der Waals surface area contributed by atoms with Gasteiger partial charge in [-0.3, -0.25) is 0 Å². The van der Waals surface area contributed by atoms with Gasteiger partial charge >= 0.3 is 6.01 Å². The Morgan fingerprint density at radius 3 is 3.19 bits per heavy atom. The molecule has 0 bridgehead atoms. The van der Waals surface area contributed by atoms with E-state index >= 15 is 0 Å². The molecule has 1 aromatic heterocycles. The summed E-state index contributed by atoms with van der Waals surface area (Å²) in [5.74, 6) is 0.738. The molecule has 2 aromatic rings. The van der Waals surface area contributed by atoms with Crippen molar-refractivity contribution < 1.29 is 4.74 Å². The van der Waals surface area contributed by atoms with Gasteiger partial charge in [0.05, 0.1) is 12.3 Å². The van der Waals surface area contributed by atoms with E-state index in [9.17, 15) is 0 Å². The van der Waals surface area contributed by atoms with E-state index in [1.165, 1.54) is 5.56 Å². The Balaban J connectivity index is 2.09. The molecule has 1 aromatic carbocycles. The third-order valence-corrected chi connectivity index (χ3v) is 2.52. The van der Waals surface area contributed by atoms with Gasteiger partial charge in [-0.1, -0.05) is 18.2 Å². The number of nitrogens with zero attached hydrogens (tertiary/aromatic N) is 3. The largest absolute Gasteiger partial charge is 0.463 e. The predicted octanol–water partition coefficient (Wildman–Crippen LogP) is 1.59. The summed E-state index contributed by atoms with van der Waals surface area (Å²) in [6.07, 6.45) is 0. The zero-order valence-electron chi connectivity index (χ0n) is 8.97. The number of benzene rings is 1. The van der Waals surface area contributed by atoms with E-state index in [1.54, 1.807) is 4.68 Å². The van der Waals surface area contributed by atoms with E-state index in [1.807, 2.05) is 25.1 Å². The third kappa shape index (κ3) is 1.32. The Hall–Kier alpha value is -2.04. The van der Waals surface area contributed by atoms with Crippen molar-refractivity contribution in [2.45, 2.75) is 13.5 Å². The van der Waals surface area contributed by atoms with Crippen LogP contribution in [0.4, 0.5) is 5.95 Å². The first-order valence-electron chi connectivity index (χ1n) is 5.30. The van der Waals surface area contributed by atoms with Gasteiger partial charge in [0.25, 0.3) is 0 Å². The van der Waals surface area contributed by atoms with E-state index in [-0.39, 0.29) is 0 Å². The Labute approximate surface area is 93.1 Å². The number of nitrogens with one attached hydrogen (secondary N) is 1. The molecule has 0 radical (unpaired) electrons. The van der Waals surface area contributed by atoms with Crippen molar-refractivity contribution in [3.05, 3.63) is 29.8 Å². The van der Waals surface area contributed by atoms with Gasteiger partial charge < -0.3 is 10.1 Å². The first kappa shape index (κ1) is 9.21. The fraction of sp³-hybridized carbons (Fsp3) is 0.273. The summed E-state index contributed by atoms with van der Waals surface area (Å²) in [4.78, 5) is 4.26. The Bertz CT molecular complexity index is 520. The smallest absolute Gasteiger partial charge is 0.337 e. The predicted molar refractivity (Wildman–Crippen MR) is 59.9 cm³/mol. The summed E-state index contributed by atoms with van der Waals surface area (Å²) < 4.78 is 7.07. The second-order valence-corrected chi connectivity index (χ2v) is 3.55. The number of para-hydroxylation sites is 1. The Morgan fingerprint density at radius 1 is 1.44 bits per heavy atom. The van der Waals surface area contributed by atoms with Crippen LogP contribution in [0.2, 0.25) is 0 Å². The van der Waals surface area contributed by atoms with Crippen LogP contribution in [0.15, 0.2) is 24.3 Å². The number of fused-ring (bicyclic) bond motifs is 3. The first-order valence-corrected chi connectivity index (χ1v) is 5.30. The molecule has 5 heteroatoms. The SMILES string of the molecule is CCOc1nc2n(n1)-c1ccccc1CN2. The van der Waals surface area contributed by atoms with Crippen molar-refractivity contribution in [2.75, 3.05) is 11.9 Å². The number of aromatic nitrogens is 3. The molecule has 0 amide bonds. The van der Waals surface area contributed by atoms with Crippen molar-refractivity contribution >= 4 is 5.95 Å². The lowest BCUT2D eigenvalue weighted by Gasteiger charge is -2.17. The van der Waals surface area contributed by atoms with Gasteiger partial charge in [-0.2, -0.15) is 9.67 Å². The summed E-state index contributed by atoms with van der Waals surface area (Å²) >= 11 is 0. The van der Waals surface area contributed by atoms with Gasteiger partial charge in [0, 0.05) is 6.54 Å². The fourth-order valence-corrected chi connectivity index (χ4v) is 1.81. The lowest BCUT2D eigenvalue weighted by Crippen LogP contribution is -2.15. The topological polar surface area (TPSA) is 52.0 Å². The van der Waals surface area contributed by atoms with Crippen LogP contribution in [0.1, 0.15) is 12.5 Å². The maximum absolute atomic E-state index is 5.29. The molecule has 0 aliphatic carbocycles. The van der Waals surface area contributed by atoms with Crippen LogP contribution in [0.25, 0.3) is 5.69 Å². The second kappa shape index (κ2) is 3.52. The minimum absolute atomic E-state index is 0.418. The Morgan fingerprint density at radius 2 is 2.31 bits per heavy atom. The van der Waals surface area contributed by atoms with Crippen molar-refractivity contribution in [1.29, 1.82) is 0 Å². The average molecular weight is 216 g/mol. The van der Waals surface area contributed by atoms with Crippen LogP contribution >= 0.6 is 0 Å². The van der Waals surface area contributed by atoms with Crippen LogP contribution in [-0.2, 0) is 6.54 Å². The third-order valence-electron chi connectivity index (χ3n) is 2.52. The number of anilines is 1. The van der Waals surface area contributed by atoms with Gasteiger partial charge in [0.15, 0.2) is 0 Å². The molecule has 0 saturated carbocycles. The van der Waals surface area contributed by atoms with Crippen LogP contribution in [0.5, 0.6) is 6.01 Å². The highest BCUT2D eigenvalue weighted by Crippen LogP contribution is 2.25. The molecule has 0 spiro atoms. The van der Waals surface area contributed by atoms with Gasteiger partial charge in [-0.05, 0) is 18.6 Å². The highest BCUT2D eigenvalue weighted by Gasteiger charge is 2.18. The van der Waals surface area contributed by atoms with Gasteiger partial charge in [0.1, 0.15) is 0 Å². The van der Waals surface area contributed by atoms with Crippen LogP contribution < -0.4 is 10.1 Å². The van der Waals surface area contributed by atoms with Crippen molar-refractivity contribution in [3.8, 4) is 11.7 Å². The molecule has 0 atom stereocenters. The Kier molecular flexibility index (Phi) is 2.02. The van der Waals surface area contributed by atoms with E-state index in [0.29, 0.717) is 12.6 Å². The molecule has 1 N–H and O–H groups in total. The number of rotatable bonds is 2. The molecule has 0 fully saturated rings. The van der Waals surface area contributed by atoms with Gasteiger partial charge in [-0.25, -0.2) is 0 Å². The molecule has 3 rings (SSSR count). The van der Waals surface area contributed by atoms with Gasteiger partial charge in [0.2, 0.25) is 5.95 Å². The number of hydrogen-bond donors (Lipinski definition) is 1. The minimum atomic E-state index is 0.418. The molecule has 82 valence electrons.